The predicted molar refractivity (Wildman–Crippen MR) is 91.3 cm³/mol. The summed E-state index contributed by atoms with van der Waals surface area (Å²) in [6.07, 6.45) is 3.03. The molecule has 0 aliphatic carbocycles. The van der Waals surface area contributed by atoms with Gasteiger partial charge in [-0.3, -0.25) is 20.4 Å². The Labute approximate surface area is 142 Å². The van der Waals surface area contributed by atoms with Gasteiger partial charge in [-0.2, -0.15) is 0 Å². The first-order valence-electron chi connectivity index (χ1n) is 6.75. The second-order valence-corrected chi connectivity index (χ2v) is 6.26. The zero-order chi connectivity index (χ0) is 16.7. The molecule has 0 radical (unpaired) electrons. The van der Waals surface area contributed by atoms with Gasteiger partial charge in [0.2, 0.25) is 0 Å². The van der Waals surface area contributed by atoms with Crippen LogP contribution in [-0.4, -0.2) is 18.4 Å². The van der Waals surface area contributed by atoms with Crippen LogP contribution in [0.4, 0.5) is 0 Å². The minimum atomic E-state index is -0.487. The van der Waals surface area contributed by atoms with Gasteiger partial charge >= 0.3 is 0 Å². The summed E-state index contributed by atoms with van der Waals surface area (Å²) in [6.45, 7) is 1.74. The SMILES string of the molecule is Cc1ccc(/C=C/C(=O)NNC(=O)COc2ccccc2Cl)s1. The van der Waals surface area contributed by atoms with Crippen molar-refractivity contribution in [1.82, 2.24) is 10.9 Å². The fourth-order valence-electron chi connectivity index (χ4n) is 1.61. The second-order valence-electron chi connectivity index (χ2n) is 4.54. The molecule has 1 heterocycles. The van der Waals surface area contributed by atoms with Crippen LogP contribution >= 0.6 is 22.9 Å². The molecule has 2 N–H and O–H groups in total. The molecule has 2 amide bonds. The number of amides is 2. The molecule has 0 atom stereocenters. The number of para-hydroxylation sites is 1. The summed E-state index contributed by atoms with van der Waals surface area (Å²) < 4.78 is 5.25. The third-order valence-corrected chi connectivity index (χ3v) is 3.96. The van der Waals surface area contributed by atoms with Crippen LogP contribution in [0, 0.1) is 6.92 Å². The molecule has 5 nitrogen and oxygen atoms in total. The van der Waals surface area contributed by atoms with E-state index in [4.69, 9.17) is 16.3 Å². The second kappa shape index (κ2) is 8.36. The zero-order valence-electron chi connectivity index (χ0n) is 12.3. The number of aryl methyl sites for hydroxylation is 1. The Balaban J connectivity index is 1.72. The van der Waals surface area contributed by atoms with Crippen LogP contribution in [0.1, 0.15) is 9.75 Å². The van der Waals surface area contributed by atoms with Crippen molar-refractivity contribution in [3.05, 3.63) is 57.3 Å². The van der Waals surface area contributed by atoms with Gasteiger partial charge in [-0.25, -0.2) is 0 Å². The summed E-state index contributed by atoms with van der Waals surface area (Å²) in [5.41, 5.74) is 4.54. The van der Waals surface area contributed by atoms with Crippen LogP contribution in [0.15, 0.2) is 42.5 Å². The molecule has 1 aromatic carbocycles. The molecular formula is C16H15ClN2O3S. The zero-order valence-corrected chi connectivity index (χ0v) is 13.9. The monoisotopic (exact) mass is 350 g/mol. The highest BCUT2D eigenvalue weighted by Gasteiger charge is 2.06. The summed E-state index contributed by atoms with van der Waals surface area (Å²) in [5.74, 6) is -0.510. The topological polar surface area (TPSA) is 67.4 Å². The van der Waals surface area contributed by atoms with Gasteiger partial charge in [-0.05, 0) is 37.3 Å². The van der Waals surface area contributed by atoms with Gasteiger partial charge in [-0.1, -0.05) is 23.7 Å². The normalized spacial score (nSPS) is 10.5. The summed E-state index contributed by atoms with van der Waals surface area (Å²) in [7, 11) is 0. The van der Waals surface area contributed by atoms with E-state index in [-0.39, 0.29) is 6.61 Å². The van der Waals surface area contributed by atoms with E-state index in [1.54, 1.807) is 41.7 Å². The van der Waals surface area contributed by atoms with E-state index in [1.165, 1.54) is 6.08 Å². The number of hydrazine groups is 1. The van der Waals surface area contributed by atoms with Crippen LogP contribution in [0.25, 0.3) is 6.08 Å². The molecule has 7 heteroatoms. The van der Waals surface area contributed by atoms with Gasteiger partial charge < -0.3 is 4.74 Å². The molecule has 0 bridgehead atoms. The fourth-order valence-corrected chi connectivity index (χ4v) is 2.59. The van der Waals surface area contributed by atoms with Gasteiger partial charge in [-0.15, -0.1) is 11.3 Å². The van der Waals surface area contributed by atoms with Gasteiger partial charge in [0, 0.05) is 15.8 Å². The van der Waals surface area contributed by atoms with Crippen molar-refractivity contribution >= 4 is 40.8 Å². The number of rotatable bonds is 5. The third kappa shape index (κ3) is 5.77. The summed E-state index contributed by atoms with van der Waals surface area (Å²) in [6, 6.07) is 10.7. The first-order valence-corrected chi connectivity index (χ1v) is 7.95. The Morgan fingerprint density at radius 1 is 1.22 bits per heavy atom. The third-order valence-electron chi connectivity index (χ3n) is 2.68. The van der Waals surface area contributed by atoms with Gasteiger partial charge in [0.15, 0.2) is 6.61 Å². The van der Waals surface area contributed by atoms with Crippen LogP contribution < -0.4 is 15.6 Å². The predicted octanol–water partition coefficient (Wildman–Crippen LogP) is 2.95. The maximum absolute atomic E-state index is 11.6. The Hall–Kier alpha value is -2.31. The molecule has 0 spiro atoms. The molecule has 0 unspecified atom stereocenters. The largest absolute Gasteiger partial charge is 0.482 e. The van der Waals surface area contributed by atoms with Crippen molar-refractivity contribution in [2.45, 2.75) is 6.92 Å². The van der Waals surface area contributed by atoms with Crippen LogP contribution in [0.5, 0.6) is 5.75 Å². The highest BCUT2D eigenvalue weighted by molar-refractivity contribution is 7.12. The number of carbonyl (C=O) groups excluding carboxylic acids is 2. The van der Waals surface area contributed by atoms with Gasteiger partial charge in [0.1, 0.15) is 5.75 Å². The van der Waals surface area contributed by atoms with E-state index in [2.05, 4.69) is 10.9 Å². The highest BCUT2D eigenvalue weighted by atomic mass is 35.5. The standard InChI is InChI=1S/C16H15ClN2O3S/c1-11-6-7-12(23-11)8-9-15(20)18-19-16(21)10-22-14-5-3-2-4-13(14)17/h2-9H,10H2,1H3,(H,18,20)(H,19,21)/b9-8+. The van der Waals surface area contributed by atoms with E-state index in [9.17, 15) is 9.59 Å². The number of thiophene rings is 1. The number of ether oxygens (including phenoxy) is 1. The Kier molecular flexibility index (Phi) is 6.19. The summed E-state index contributed by atoms with van der Waals surface area (Å²) in [4.78, 5) is 25.3. The molecule has 2 rings (SSSR count). The van der Waals surface area contributed by atoms with E-state index in [1.807, 2.05) is 19.1 Å². The molecule has 0 saturated heterocycles. The molecule has 0 aliphatic heterocycles. The lowest BCUT2D eigenvalue weighted by Crippen LogP contribution is -2.43. The smallest absolute Gasteiger partial charge is 0.276 e. The maximum Gasteiger partial charge on any atom is 0.276 e. The van der Waals surface area contributed by atoms with Crippen LogP contribution in [0.3, 0.4) is 0 Å². The lowest BCUT2D eigenvalue weighted by Gasteiger charge is -2.08. The maximum atomic E-state index is 11.6. The molecule has 0 saturated carbocycles. The number of benzene rings is 1. The minimum absolute atomic E-state index is 0.252. The summed E-state index contributed by atoms with van der Waals surface area (Å²) in [5, 5.41) is 0.415. The van der Waals surface area contributed by atoms with E-state index >= 15 is 0 Å². The molecular weight excluding hydrogens is 336 g/mol. The highest BCUT2D eigenvalue weighted by Crippen LogP contribution is 2.22. The summed E-state index contributed by atoms with van der Waals surface area (Å²) >= 11 is 7.48. The van der Waals surface area contributed by atoms with E-state index in [0.29, 0.717) is 10.8 Å². The fraction of sp³-hybridized carbons (Fsp3) is 0.125. The number of halogens is 1. The molecule has 0 fully saturated rings. The van der Waals surface area contributed by atoms with Crippen molar-refractivity contribution < 1.29 is 14.3 Å². The lowest BCUT2D eigenvalue weighted by atomic mass is 10.3. The average Bonchev–Trinajstić information content (AvgIpc) is 2.95. The first-order chi connectivity index (χ1) is 11.0. The van der Waals surface area contributed by atoms with Crippen LogP contribution in [0.2, 0.25) is 5.02 Å². The Morgan fingerprint density at radius 3 is 2.70 bits per heavy atom. The van der Waals surface area contributed by atoms with Crippen molar-refractivity contribution in [3.8, 4) is 5.75 Å². The number of nitrogens with one attached hydrogen (secondary N) is 2. The first kappa shape index (κ1) is 17.1. The Morgan fingerprint density at radius 2 is 2.00 bits per heavy atom. The van der Waals surface area contributed by atoms with Crippen molar-refractivity contribution in [3.63, 3.8) is 0 Å². The van der Waals surface area contributed by atoms with Crippen LogP contribution in [-0.2, 0) is 9.59 Å². The quantitative estimate of drug-likeness (QED) is 0.643. The van der Waals surface area contributed by atoms with E-state index < -0.39 is 11.8 Å². The average molecular weight is 351 g/mol. The molecule has 2 aromatic rings. The number of carbonyl (C=O) groups is 2. The van der Waals surface area contributed by atoms with Gasteiger partial charge in [0.05, 0.1) is 5.02 Å². The lowest BCUT2D eigenvalue weighted by molar-refractivity contribution is -0.128. The molecule has 23 heavy (non-hydrogen) atoms. The molecule has 1 aromatic heterocycles. The number of hydrogen-bond donors (Lipinski definition) is 2. The Bertz CT molecular complexity index is 728. The molecule has 120 valence electrons. The van der Waals surface area contributed by atoms with Crippen molar-refractivity contribution in [2.75, 3.05) is 6.61 Å². The van der Waals surface area contributed by atoms with Crippen molar-refractivity contribution in [2.24, 2.45) is 0 Å². The molecule has 0 aliphatic rings. The van der Waals surface area contributed by atoms with Crippen molar-refractivity contribution in [1.29, 1.82) is 0 Å². The minimum Gasteiger partial charge on any atom is -0.482 e. The number of hydrogen-bond acceptors (Lipinski definition) is 4. The van der Waals surface area contributed by atoms with Gasteiger partial charge in [0.25, 0.3) is 11.8 Å². The van der Waals surface area contributed by atoms with E-state index in [0.717, 1.165) is 9.75 Å².